The molecule has 2 aliphatic rings. The van der Waals surface area contributed by atoms with Gasteiger partial charge in [0.2, 0.25) is 0 Å². The standard InChI is InChI=1S/C33H42FN7O3/c1-33(2,3)28-13-8-22(20-35-28)31(43)38-26-7-5-6-25(29(26)34)27-21-39(4)32(44)30(37-27)36-23-9-11-24(12-10-23)41-16-14-40(15-17-41)18-19-42/h5-13,20,27,30,36-37,42H,14-19,21H2,1-4H3,(H,38,43). The molecule has 1 aromatic heterocycles. The fourth-order valence-corrected chi connectivity index (χ4v) is 5.59. The van der Waals surface area contributed by atoms with Crippen molar-refractivity contribution in [2.24, 2.45) is 0 Å². The molecule has 2 fully saturated rings. The average molecular weight is 604 g/mol. The number of nitrogens with zero attached hydrogens (tertiary/aromatic N) is 4. The second-order valence-electron chi connectivity index (χ2n) is 12.5. The highest BCUT2D eigenvalue weighted by atomic mass is 19.1. The molecule has 5 rings (SSSR count). The molecule has 2 amide bonds. The SMILES string of the molecule is CN1CC(c2cccc(NC(=O)c3ccc(C(C)(C)C)nc3)c2F)NC(Nc2ccc(N3CCN(CCO)CC3)cc2)C1=O. The third kappa shape index (κ3) is 7.18. The number of hydrogen-bond acceptors (Lipinski definition) is 8. The molecular weight excluding hydrogens is 561 g/mol. The second kappa shape index (κ2) is 13.3. The van der Waals surface area contributed by atoms with Crippen molar-refractivity contribution < 1.29 is 19.1 Å². The number of benzene rings is 2. The van der Waals surface area contributed by atoms with Gasteiger partial charge in [0.05, 0.1) is 23.9 Å². The van der Waals surface area contributed by atoms with Crippen molar-refractivity contribution in [2.45, 2.75) is 38.4 Å². The van der Waals surface area contributed by atoms with Crippen molar-refractivity contribution >= 4 is 28.9 Å². The van der Waals surface area contributed by atoms with E-state index in [4.69, 9.17) is 0 Å². The molecule has 3 aromatic rings. The molecule has 3 heterocycles. The normalized spacial score (nSPS) is 19.6. The van der Waals surface area contributed by atoms with Crippen LogP contribution in [0.5, 0.6) is 0 Å². The molecule has 44 heavy (non-hydrogen) atoms. The third-order valence-electron chi connectivity index (χ3n) is 8.23. The van der Waals surface area contributed by atoms with E-state index in [0.717, 1.165) is 43.2 Å². The van der Waals surface area contributed by atoms with Gasteiger partial charge in [-0.1, -0.05) is 32.9 Å². The third-order valence-corrected chi connectivity index (χ3v) is 8.23. The summed E-state index contributed by atoms with van der Waals surface area (Å²) in [6, 6.07) is 15.8. The van der Waals surface area contributed by atoms with Gasteiger partial charge in [-0.25, -0.2) is 4.39 Å². The Morgan fingerprint density at radius 3 is 2.43 bits per heavy atom. The number of aliphatic hydroxyl groups excluding tert-OH is 1. The van der Waals surface area contributed by atoms with Gasteiger partial charge >= 0.3 is 0 Å². The van der Waals surface area contributed by atoms with Crippen LogP contribution in [0.2, 0.25) is 0 Å². The van der Waals surface area contributed by atoms with E-state index in [9.17, 15) is 14.7 Å². The van der Waals surface area contributed by atoms with E-state index in [0.29, 0.717) is 17.7 Å². The van der Waals surface area contributed by atoms with Crippen LogP contribution in [-0.2, 0) is 10.2 Å². The Morgan fingerprint density at radius 2 is 1.80 bits per heavy atom. The lowest BCUT2D eigenvalue weighted by atomic mass is 9.91. The molecule has 0 bridgehead atoms. The number of aromatic nitrogens is 1. The minimum absolute atomic E-state index is 0.0612. The first-order valence-corrected chi connectivity index (χ1v) is 15.1. The van der Waals surface area contributed by atoms with Crippen LogP contribution in [0.25, 0.3) is 0 Å². The fourth-order valence-electron chi connectivity index (χ4n) is 5.59. The van der Waals surface area contributed by atoms with Crippen molar-refractivity contribution in [3.63, 3.8) is 0 Å². The van der Waals surface area contributed by atoms with Crippen molar-refractivity contribution in [3.8, 4) is 0 Å². The number of aliphatic hydroxyl groups is 1. The van der Waals surface area contributed by atoms with Crippen LogP contribution < -0.4 is 20.9 Å². The van der Waals surface area contributed by atoms with E-state index < -0.39 is 23.9 Å². The Hall–Kier alpha value is -4.06. The fraction of sp³-hybridized carbons (Fsp3) is 0.424. The highest BCUT2D eigenvalue weighted by molar-refractivity contribution is 6.04. The van der Waals surface area contributed by atoms with Gasteiger partial charge in [0, 0.05) is 80.6 Å². The molecule has 10 nitrogen and oxygen atoms in total. The van der Waals surface area contributed by atoms with Gasteiger partial charge in [0.15, 0.2) is 12.0 Å². The van der Waals surface area contributed by atoms with Gasteiger partial charge in [-0.3, -0.25) is 24.8 Å². The Balaban J connectivity index is 1.24. The Labute approximate surface area is 258 Å². The molecule has 11 heteroatoms. The first kappa shape index (κ1) is 31.4. The lowest BCUT2D eigenvalue weighted by Crippen LogP contribution is -2.58. The average Bonchev–Trinajstić information content (AvgIpc) is 3.01. The number of hydrogen-bond donors (Lipinski definition) is 4. The van der Waals surface area contributed by atoms with E-state index in [1.807, 2.05) is 51.1 Å². The minimum Gasteiger partial charge on any atom is -0.395 e. The number of likely N-dealkylation sites (N-methyl/N-ethyl adjacent to an activating group) is 1. The Morgan fingerprint density at radius 1 is 1.07 bits per heavy atom. The van der Waals surface area contributed by atoms with Crippen molar-refractivity contribution in [1.82, 2.24) is 20.1 Å². The van der Waals surface area contributed by atoms with Crippen molar-refractivity contribution in [3.05, 3.63) is 83.4 Å². The molecule has 2 aliphatic heterocycles. The number of β-amino-alcohol motifs (C(OH)–C–C–N with tert-alkyl or cyclic N) is 1. The first-order valence-electron chi connectivity index (χ1n) is 15.1. The molecule has 2 atom stereocenters. The number of piperazine rings is 2. The number of halogens is 1. The Kier molecular flexibility index (Phi) is 9.48. The molecule has 234 valence electrons. The van der Waals surface area contributed by atoms with E-state index in [-0.39, 0.29) is 30.2 Å². The van der Waals surface area contributed by atoms with Crippen LogP contribution in [-0.4, -0.2) is 90.8 Å². The van der Waals surface area contributed by atoms with Gasteiger partial charge in [0.25, 0.3) is 11.8 Å². The van der Waals surface area contributed by atoms with E-state index in [1.54, 1.807) is 30.1 Å². The summed E-state index contributed by atoms with van der Waals surface area (Å²) in [5.74, 6) is -1.16. The maximum Gasteiger partial charge on any atom is 0.259 e. The quantitative estimate of drug-likeness (QED) is 0.310. The maximum absolute atomic E-state index is 15.8. The van der Waals surface area contributed by atoms with Crippen LogP contribution in [0.4, 0.5) is 21.5 Å². The van der Waals surface area contributed by atoms with E-state index >= 15 is 4.39 Å². The first-order chi connectivity index (χ1) is 21.0. The summed E-state index contributed by atoms with van der Waals surface area (Å²) in [6.45, 7) is 10.8. The monoisotopic (exact) mass is 603 g/mol. The minimum atomic E-state index is -0.767. The zero-order valence-corrected chi connectivity index (χ0v) is 25.8. The summed E-state index contributed by atoms with van der Waals surface area (Å²) in [7, 11) is 1.70. The summed E-state index contributed by atoms with van der Waals surface area (Å²) in [4.78, 5) is 36.5. The molecule has 0 spiro atoms. The predicted molar refractivity (Wildman–Crippen MR) is 170 cm³/mol. The highest BCUT2D eigenvalue weighted by Gasteiger charge is 2.34. The van der Waals surface area contributed by atoms with Crippen LogP contribution in [0.3, 0.4) is 0 Å². The highest BCUT2D eigenvalue weighted by Crippen LogP contribution is 2.28. The van der Waals surface area contributed by atoms with Gasteiger partial charge in [-0.05, 0) is 42.5 Å². The maximum atomic E-state index is 15.8. The van der Waals surface area contributed by atoms with Crippen molar-refractivity contribution in [1.29, 1.82) is 0 Å². The molecule has 0 saturated carbocycles. The second-order valence-corrected chi connectivity index (χ2v) is 12.5. The number of rotatable bonds is 8. The van der Waals surface area contributed by atoms with Gasteiger partial charge in [-0.15, -0.1) is 0 Å². The lowest BCUT2D eigenvalue weighted by Gasteiger charge is -2.37. The van der Waals surface area contributed by atoms with Crippen LogP contribution in [0.1, 0.15) is 48.4 Å². The zero-order chi connectivity index (χ0) is 31.4. The number of anilines is 3. The zero-order valence-electron chi connectivity index (χ0n) is 25.8. The molecule has 0 aliphatic carbocycles. The summed E-state index contributed by atoms with van der Waals surface area (Å²) in [6.07, 6.45) is 0.736. The summed E-state index contributed by atoms with van der Waals surface area (Å²) in [5, 5.41) is 18.4. The molecule has 0 radical (unpaired) electrons. The summed E-state index contributed by atoms with van der Waals surface area (Å²) >= 11 is 0. The molecule has 2 saturated heterocycles. The molecular formula is C33H42FN7O3. The van der Waals surface area contributed by atoms with Gasteiger partial charge < -0.3 is 25.5 Å². The predicted octanol–water partition coefficient (Wildman–Crippen LogP) is 3.43. The number of amides is 2. The lowest BCUT2D eigenvalue weighted by molar-refractivity contribution is -0.134. The van der Waals surface area contributed by atoms with Crippen molar-refractivity contribution in [2.75, 3.05) is 68.5 Å². The smallest absolute Gasteiger partial charge is 0.259 e. The molecule has 2 aromatic carbocycles. The number of nitrogens with one attached hydrogen (secondary N) is 3. The molecule has 4 N–H and O–H groups in total. The summed E-state index contributed by atoms with van der Waals surface area (Å²) < 4.78 is 15.8. The van der Waals surface area contributed by atoms with Gasteiger partial charge in [-0.2, -0.15) is 0 Å². The summed E-state index contributed by atoms with van der Waals surface area (Å²) in [5.41, 5.74) is 3.32. The molecule has 2 unspecified atom stereocenters. The van der Waals surface area contributed by atoms with Crippen LogP contribution in [0.15, 0.2) is 60.8 Å². The van der Waals surface area contributed by atoms with Crippen LogP contribution in [0, 0.1) is 5.82 Å². The number of carbonyl (C=O) groups excluding carboxylic acids is 2. The van der Waals surface area contributed by atoms with E-state index in [2.05, 4.69) is 30.7 Å². The number of pyridine rings is 1. The van der Waals surface area contributed by atoms with E-state index in [1.165, 1.54) is 12.3 Å². The Bertz CT molecular complexity index is 1450. The topological polar surface area (TPSA) is 113 Å². The van der Waals surface area contributed by atoms with Gasteiger partial charge in [0.1, 0.15) is 0 Å². The largest absolute Gasteiger partial charge is 0.395 e. The number of carbonyl (C=O) groups is 2. The van der Waals surface area contributed by atoms with Crippen LogP contribution >= 0.6 is 0 Å².